The number of nitrogens with one attached hydrogen (secondary N) is 1. The Morgan fingerprint density at radius 2 is 1.95 bits per heavy atom. The molecule has 3 rings (SSSR count). The van der Waals surface area contributed by atoms with Gasteiger partial charge in [0.2, 0.25) is 0 Å². The summed E-state index contributed by atoms with van der Waals surface area (Å²) in [5, 5.41) is 24.1. The smallest absolute Gasteiger partial charge is 0.143 e. The van der Waals surface area contributed by atoms with Gasteiger partial charge in [-0.1, -0.05) is 17.7 Å². The average Bonchev–Trinajstić information content (AvgIpc) is 3.03. The minimum absolute atomic E-state index is 0.304. The van der Waals surface area contributed by atoms with E-state index in [0.717, 1.165) is 22.5 Å². The van der Waals surface area contributed by atoms with Crippen molar-refractivity contribution in [3.05, 3.63) is 59.9 Å². The minimum Gasteiger partial charge on any atom is -0.508 e. The number of anilines is 1. The summed E-state index contributed by atoms with van der Waals surface area (Å²) in [4.78, 5) is 0. The molecule has 21 heavy (non-hydrogen) atoms. The number of aryl methyl sites for hydroxylation is 1. The zero-order chi connectivity index (χ0) is 14.7. The molecule has 0 aliphatic carbocycles. The van der Waals surface area contributed by atoms with Gasteiger partial charge in [-0.15, -0.1) is 5.10 Å². The van der Waals surface area contributed by atoms with Crippen molar-refractivity contribution in [1.29, 1.82) is 0 Å². The highest BCUT2D eigenvalue weighted by Gasteiger charge is 2.02. The van der Waals surface area contributed by atoms with E-state index >= 15 is 0 Å². The van der Waals surface area contributed by atoms with Crippen LogP contribution in [0.5, 0.6) is 5.75 Å². The highest BCUT2D eigenvalue weighted by Crippen LogP contribution is 2.20. The van der Waals surface area contributed by atoms with Crippen molar-refractivity contribution < 1.29 is 5.11 Å². The fraction of sp³-hybridized carbons (Fsp3) is 0.133. The summed E-state index contributed by atoms with van der Waals surface area (Å²) in [5.41, 5.74) is 3.86. The van der Waals surface area contributed by atoms with Gasteiger partial charge in [-0.05, 0) is 47.7 Å². The van der Waals surface area contributed by atoms with Crippen LogP contribution in [0.4, 0.5) is 5.69 Å². The fourth-order valence-electron chi connectivity index (χ4n) is 2.06. The first-order valence-electron chi connectivity index (χ1n) is 6.58. The Morgan fingerprint density at radius 1 is 1.14 bits per heavy atom. The van der Waals surface area contributed by atoms with E-state index in [4.69, 9.17) is 0 Å². The second-order valence-electron chi connectivity index (χ2n) is 4.79. The Kier molecular flexibility index (Phi) is 3.51. The van der Waals surface area contributed by atoms with Gasteiger partial charge in [0.25, 0.3) is 0 Å². The Labute approximate surface area is 122 Å². The topological polar surface area (TPSA) is 75.9 Å². The van der Waals surface area contributed by atoms with Crippen LogP contribution in [-0.4, -0.2) is 25.3 Å². The molecule has 0 amide bonds. The third kappa shape index (κ3) is 3.00. The molecule has 0 atom stereocenters. The first-order valence-corrected chi connectivity index (χ1v) is 6.58. The highest BCUT2D eigenvalue weighted by molar-refractivity contribution is 5.49. The predicted molar refractivity (Wildman–Crippen MR) is 79.3 cm³/mol. The van der Waals surface area contributed by atoms with E-state index in [0.29, 0.717) is 12.3 Å². The summed E-state index contributed by atoms with van der Waals surface area (Å²) in [7, 11) is 0. The number of tetrazole rings is 1. The molecule has 1 aromatic heterocycles. The molecule has 0 fully saturated rings. The van der Waals surface area contributed by atoms with Gasteiger partial charge in [-0.25, -0.2) is 4.68 Å². The molecule has 0 radical (unpaired) electrons. The first kappa shape index (κ1) is 13.1. The fourth-order valence-corrected chi connectivity index (χ4v) is 2.06. The molecule has 1 heterocycles. The van der Waals surface area contributed by atoms with Gasteiger partial charge < -0.3 is 10.4 Å². The van der Waals surface area contributed by atoms with Gasteiger partial charge in [0, 0.05) is 17.8 Å². The molecule has 6 heteroatoms. The summed E-state index contributed by atoms with van der Waals surface area (Å²) in [6, 6.07) is 13.3. The van der Waals surface area contributed by atoms with Crippen molar-refractivity contribution in [2.45, 2.75) is 13.5 Å². The molecule has 6 nitrogen and oxygen atoms in total. The van der Waals surface area contributed by atoms with Gasteiger partial charge in [-0.3, -0.25) is 0 Å². The van der Waals surface area contributed by atoms with Crippen molar-refractivity contribution in [3.8, 4) is 11.4 Å². The molecule has 0 spiro atoms. The molecular formula is C15H15N5O. The standard InChI is InChI=1S/C15H15N5O/c1-11-2-7-15(21)12(8-11)9-16-13-3-5-14(6-4-13)20-10-17-18-19-20/h2-8,10,16,21H,9H2,1H3. The maximum atomic E-state index is 9.82. The summed E-state index contributed by atoms with van der Waals surface area (Å²) >= 11 is 0. The molecule has 106 valence electrons. The molecule has 0 saturated carbocycles. The van der Waals surface area contributed by atoms with Crippen molar-refractivity contribution in [2.24, 2.45) is 0 Å². The Morgan fingerprint density at radius 3 is 2.67 bits per heavy atom. The van der Waals surface area contributed by atoms with E-state index in [1.807, 2.05) is 43.3 Å². The molecule has 3 aromatic rings. The number of benzene rings is 2. The summed E-state index contributed by atoms with van der Waals surface area (Å²) in [5.74, 6) is 0.304. The lowest BCUT2D eigenvalue weighted by Crippen LogP contribution is -2.01. The van der Waals surface area contributed by atoms with E-state index in [-0.39, 0.29) is 0 Å². The molecule has 0 saturated heterocycles. The van der Waals surface area contributed by atoms with E-state index in [1.165, 1.54) is 0 Å². The molecule has 2 aromatic carbocycles. The normalized spacial score (nSPS) is 10.5. The van der Waals surface area contributed by atoms with Crippen LogP contribution in [0.15, 0.2) is 48.8 Å². The third-order valence-corrected chi connectivity index (χ3v) is 3.20. The van der Waals surface area contributed by atoms with E-state index in [1.54, 1.807) is 17.1 Å². The Balaban J connectivity index is 1.70. The van der Waals surface area contributed by atoms with Crippen LogP contribution < -0.4 is 5.32 Å². The summed E-state index contributed by atoms with van der Waals surface area (Å²) < 4.78 is 1.59. The van der Waals surface area contributed by atoms with E-state index in [9.17, 15) is 5.11 Å². The van der Waals surface area contributed by atoms with Crippen molar-refractivity contribution in [3.63, 3.8) is 0 Å². The second-order valence-corrected chi connectivity index (χ2v) is 4.79. The maximum Gasteiger partial charge on any atom is 0.143 e. The molecule has 0 unspecified atom stereocenters. The first-order chi connectivity index (χ1) is 10.2. The van der Waals surface area contributed by atoms with Gasteiger partial charge in [-0.2, -0.15) is 0 Å². The average molecular weight is 281 g/mol. The second kappa shape index (κ2) is 5.62. The minimum atomic E-state index is 0.304. The number of aromatic nitrogens is 4. The van der Waals surface area contributed by atoms with Crippen LogP contribution in [-0.2, 0) is 6.54 Å². The lowest BCUT2D eigenvalue weighted by molar-refractivity contribution is 0.469. The van der Waals surface area contributed by atoms with Crippen molar-refractivity contribution >= 4 is 5.69 Å². The lowest BCUT2D eigenvalue weighted by atomic mass is 10.1. The largest absolute Gasteiger partial charge is 0.508 e. The Hall–Kier alpha value is -2.89. The molecule has 0 aliphatic heterocycles. The van der Waals surface area contributed by atoms with Crippen LogP contribution in [0, 0.1) is 6.92 Å². The van der Waals surface area contributed by atoms with Crippen LogP contribution in [0.1, 0.15) is 11.1 Å². The van der Waals surface area contributed by atoms with E-state index < -0.39 is 0 Å². The molecular weight excluding hydrogens is 266 g/mol. The van der Waals surface area contributed by atoms with Crippen LogP contribution in [0.25, 0.3) is 5.69 Å². The number of rotatable bonds is 4. The van der Waals surface area contributed by atoms with Crippen LogP contribution >= 0.6 is 0 Å². The number of hydrogen-bond acceptors (Lipinski definition) is 5. The predicted octanol–water partition coefficient (Wildman–Crippen LogP) is 2.29. The van der Waals surface area contributed by atoms with Gasteiger partial charge >= 0.3 is 0 Å². The zero-order valence-electron chi connectivity index (χ0n) is 11.6. The van der Waals surface area contributed by atoms with Crippen molar-refractivity contribution in [1.82, 2.24) is 20.2 Å². The van der Waals surface area contributed by atoms with Gasteiger partial charge in [0.05, 0.1) is 5.69 Å². The lowest BCUT2D eigenvalue weighted by Gasteiger charge is -2.09. The van der Waals surface area contributed by atoms with Gasteiger partial charge in [0.1, 0.15) is 12.1 Å². The monoisotopic (exact) mass is 281 g/mol. The van der Waals surface area contributed by atoms with Crippen LogP contribution in [0.3, 0.4) is 0 Å². The summed E-state index contributed by atoms with van der Waals surface area (Å²) in [6.45, 7) is 2.57. The summed E-state index contributed by atoms with van der Waals surface area (Å²) in [6.07, 6.45) is 1.55. The molecule has 2 N–H and O–H groups in total. The number of phenolic OH excluding ortho intramolecular Hbond substituents is 1. The third-order valence-electron chi connectivity index (χ3n) is 3.20. The number of nitrogens with zero attached hydrogens (tertiary/aromatic N) is 4. The van der Waals surface area contributed by atoms with Gasteiger partial charge in [0.15, 0.2) is 0 Å². The van der Waals surface area contributed by atoms with Crippen LogP contribution in [0.2, 0.25) is 0 Å². The Bertz CT molecular complexity index is 722. The number of phenols is 1. The zero-order valence-corrected chi connectivity index (χ0v) is 11.6. The molecule has 0 aliphatic rings. The van der Waals surface area contributed by atoms with E-state index in [2.05, 4.69) is 20.8 Å². The number of hydrogen-bond donors (Lipinski definition) is 2. The van der Waals surface area contributed by atoms with Crippen molar-refractivity contribution in [2.75, 3.05) is 5.32 Å². The molecule has 0 bridgehead atoms. The SMILES string of the molecule is Cc1ccc(O)c(CNc2ccc(-n3cnnn3)cc2)c1. The maximum absolute atomic E-state index is 9.82. The number of aromatic hydroxyl groups is 1. The quantitative estimate of drug-likeness (QED) is 0.767. The highest BCUT2D eigenvalue weighted by atomic mass is 16.3.